The number of methoxy groups -OCH3 is 1. The van der Waals surface area contributed by atoms with Crippen molar-refractivity contribution in [3.8, 4) is 5.88 Å². The van der Waals surface area contributed by atoms with Gasteiger partial charge in [0.25, 0.3) is 0 Å². The van der Waals surface area contributed by atoms with Gasteiger partial charge < -0.3 is 20.1 Å². The van der Waals surface area contributed by atoms with Crippen molar-refractivity contribution < 1.29 is 9.47 Å². The maximum Gasteiger partial charge on any atom is 0.213 e. The molecule has 0 saturated carbocycles. The molecule has 0 aliphatic rings. The van der Waals surface area contributed by atoms with Crippen molar-refractivity contribution in [2.24, 2.45) is 10.9 Å². The van der Waals surface area contributed by atoms with Gasteiger partial charge in [-0.05, 0) is 30.0 Å². The molecular weight excluding hydrogens is 340 g/mol. The summed E-state index contributed by atoms with van der Waals surface area (Å²) >= 11 is 0. The molecule has 0 bridgehead atoms. The van der Waals surface area contributed by atoms with Crippen LogP contribution in [0.15, 0.2) is 53.7 Å². The number of ether oxygens (including phenoxy) is 2. The molecule has 0 aliphatic heterocycles. The van der Waals surface area contributed by atoms with Crippen LogP contribution in [0.2, 0.25) is 0 Å². The minimum atomic E-state index is 0.374. The largest absolute Gasteiger partial charge is 0.481 e. The van der Waals surface area contributed by atoms with Gasteiger partial charge in [0, 0.05) is 25.4 Å². The summed E-state index contributed by atoms with van der Waals surface area (Å²) in [6.45, 7) is 7.72. The first-order valence-electron chi connectivity index (χ1n) is 9.34. The fourth-order valence-corrected chi connectivity index (χ4v) is 2.45. The quantitative estimate of drug-likeness (QED) is 0.497. The number of guanidine groups is 1. The maximum absolute atomic E-state index is 5.81. The van der Waals surface area contributed by atoms with Gasteiger partial charge in [0.2, 0.25) is 5.88 Å². The van der Waals surface area contributed by atoms with Crippen molar-refractivity contribution in [1.82, 2.24) is 15.6 Å². The normalized spacial score (nSPS) is 12.5. The smallest absolute Gasteiger partial charge is 0.213 e. The van der Waals surface area contributed by atoms with E-state index in [1.807, 2.05) is 30.3 Å². The molecule has 27 heavy (non-hydrogen) atoms. The number of rotatable bonds is 10. The number of aromatic nitrogens is 1. The Bertz CT molecular complexity index is 692. The first kappa shape index (κ1) is 20.7. The van der Waals surface area contributed by atoms with Gasteiger partial charge in [0.15, 0.2) is 5.96 Å². The summed E-state index contributed by atoms with van der Waals surface area (Å²) in [5, 5.41) is 6.65. The number of aliphatic imine (C=N–C) groups is 1. The van der Waals surface area contributed by atoms with Crippen molar-refractivity contribution in [2.75, 3.05) is 26.8 Å². The first-order valence-corrected chi connectivity index (χ1v) is 9.34. The Kier molecular flexibility index (Phi) is 9.13. The minimum Gasteiger partial charge on any atom is -0.481 e. The summed E-state index contributed by atoms with van der Waals surface area (Å²) in [6, 6.07) is 14.1. The van der Waals surface area contributed by atoms with Crippen LogP contribution in [0.1, 0.15) is 25.0 Å². The van der Waals surface area contributed by atoms with Crippen molar-refractivity contribution >= 4 is 5.96 Å². The molecule has 2 N–H and O–H groups in total. The van der Waals surface area contributed by atoms with E-state index in [9.17, 15) is 0 Å². The molecule has 0 fully saturated rings. The second-order valence-corrected chi connectivity index (χ2v) is 6.39. The van der Waals surface area contributed by atoms with Gasteiger partial charge >= 0.3 is 0 Å². The van der Waals surface area contributed by atoms with E-state index in [4.69, 9.17) is 9.47 Å². The Labute approximate surface area is 162 Å². The number of nitrogens with one attached hydrogen (secondary N) is 2. The lowest BCUT2D eigenvalue weighted by Crippen LogP contribution is -2.40. The predicted molar refractivity (Wildman–Crippen MR) is 109 cm³/mol. The fraction of sp³-hybridized carbons (Fsp3) is 0.429. The number of benzene rings is 1. The zero-order valence-electron chi connectivity index (χ0n) is 16.4. The molecule has 1 aromatic carbocycles. The molecule has 2 rings (SSSR count). The van der Waals surface area contributed by atoms with E-state index in [0.717, 1.165) is 24.6 Å². The molecule has 2 aromatic rings. The molecule has 6 nitrogen and oxygen atoms in total. The van der Waals surface area contributed by atoms with Crippen molar-refractivity contribution in [2.45, 2.75) is 27.0 Å². The maximum atomic E-state index is 5.81. The van der Waals surface area contributed by atoms with Crippen LogP contribution < -0.4 is 15.4 Å². The summed E-state index contributed by atoms with van der Waals surface area (Å²) < 4.78 is 11.0. The third-order valence-electron chi connectivity index (χ3n) is 3.90. The second kappa shape index (κ2) is 11.9. The first-order chi connectivity index (χ1) is 13.2. The van der Waals surface area contributed by atoms with E-state index in [0.29, 0.717) is 31.6 Å². The van der Waals surface area contributed by atoms with Crippen LogP contribution >= 0.6 is 0 Å². The van der Waals surface area contributed by atoms with Gasteiger partial charge in [0.1, 0.15) is 0 Å². The van der Waals surface area contributed by atoms with E-state index < -0.39 is 0 Å². The molecular formula is C21H30N4O2. The van der Waals surface area contributed by atoms with Crippen molar-refractivity contribution in [1.29, 1.82) is 0 Å². The Morgan fingerprint density at radius 3 is 2.70 bits per heavy atom. The Morgan fingerprint density at radius 2 is 1.96 bits per heavy atom. The summed E-state index contributed by atoms with van der Waals surface area (Å²) in [5.41, 5.74) is 2.25. The molecule has 6 heteroatoms. The zero-order chi connectivity index (χ0) is 19.3. The summed E-state index contributed by atoms with van der Waals surface area (Å²) in [7, 11) is 1.61. The standard InChI is InChI=1S/C21H30N4O2/c1-4-22-21(25-14-19-10-11-23-20(12-19)26-3)24-13-17(2)15-27-16-18-8-6-5-7-9-18/h5-12,17H,4,13-16H2,1-3H3,(H2,22,24,25). The van der Waals surface area contributed by atoms with Gasteiger partial charge in [-0.2, -0.15) is 0 Å². The molecule has 0 aliphatic carbocycles. The highest BCUT2D eigenvalue weighted by atomic mass is 16.5. The molecule has 0 radical (unpaired) electrons. The predicted octanol–water partition coefficient (Wildman–Crippen LogP) is 3.00. The topological polar surface area (TPSA) is 67.8 Å². The lowest BCUT2D eigenvalue weighted by atomic mass is 10.2. The summed E-state index contributed by atoms with van der Waals surface area (Å²) in [5.74, 6) is 1.77. The molecule has 1 aromatic heterocycles. The molecule has 1 atom stereocenters. The number of pyridine rings is 1. The van der Waals surface area contributed by atoms with Crippen LogP contribution in [0.5, 0.6) is 5.88 Å². The van der Waals surface area contributed by atoms with E-state index in [1.54, 1.807) is 13.3 Å². The van der Waals surface area contributed by atoms with Crippen LogP contribution in [0, 0.1) is 5.92 Å². The van der Waals surface area contributed by atoms with E-state index in [1.165, 1.54) is 5.56 Å². The van der Waals surface area contributed by atoms with Gasteiger partial charge in [-0.3, -0.25) is 0 Å². The Morgan fingerprint density at radius 1 is 1.15 bits per heavy atom. The molecule has 0 saturated heterocycles. The second-order valence-electron chi connectivity index (χ2n) is 6.39. The SMILES string of the molecule is CCNC(=NCc1ccnc(OC)c1)NCC(C)COCc1ccccc1. The minimum absolute atomic E-state index is 0.374. The average Bonchev–Trinajstić information content (AvgIpc) is 2.71. The van der Waals surface area contributed by atoms with Gasteiger partial charge in [-0.25, -0.2) is 9.98 Å². The van der Waals surface area contributed by atoms with Crippen molar-refractivity contribution in [3.05, 3.63) is 59.8 Å². The fourth-order valence-electron chi connectivity index (χ4n) is 2.45. The third-order valence-corrected chi connectivity index (χ3v) is 3.90. The highest BCUT2D eigenvalue weighted by Gasteiger charge is 2.05. The zero-order valence-corrected chi connectivity index (χ0v) is 16.4. The highest BCUT2D eigenvalue weighted by Crippen LogP contribution is 2.09. The molecule has 0 amide bonds. The number of hydrogen-bond acceptors (Lipinski definition) is 4. The number of hydrogen-bond donors (Lipinski definition) is 2. The third kappa shape index (κ3) is 8.09. The van der Waals surface area contributed by atoms with Gasteiger partial charge in [-0.15, -0.1) is 0 Å². The van der Waals surface area contributed by atoms with E-state index in [-0.39, 0.29) is 0 Å². The molecule has 0 spiro atoms. The van der Waals surface area contributed by atoms with Crippen LogP contribution in [-0.4, -0.2) is 37.7 Å². The van der Waals surface area contributed by atoms with E-state index >= 15 is 0 Å². The molecule has 146 valence electrons. The summed E-state index contributed by atoms with van der Waals surface area (Å²) in [6.07, 6.45) is 1.73. The van der Waals surface area contributed by atoms with Gasteiger partial charge in [0.05, 0.1) is 26.9 Å². The monoisotopic (exact) mass is 370 g/mol. The lowest BCUT2D eigenvalue weighted by molar-refractivity contribution is 0.0931. The van der Waals surface area contributed by atoms with E-state index in [2.05, 4.69) is 46.6 Å². The summed E-state index contributed by atoms with van der Waals surface area (Å²) in [4.78, 5) is 8.74. The average molecular weight is 370 g/mol. The molecule has 1 heterocycles. The van der Waals surface area contributed by atoms with Crippen LogP contribution in [0.25, 0.3) is 0 Å². The molecule has 1 unspecified atom stereocenters. The highest BCUT2D eigenvalue weighted by molar-refractivity contribution is 5.79. The van der Waals surface area contributed by atoms with Crippen LogP contribution in [0.4, 0.5) is 0 Å². The lowest BCUT2D eigenvalue weighted by Gasteiger charge is -2.16. The van der Waals surface area contributed by atoms with Crippen molar-refractivity contribution in [3.63, 3.8) is 0 Å². The van der Waals surface area contributed by atoms with Gasteiger partial charge in [-0.1, -0.05) is 37.3 Å². The number of nitrogens with zero attached hydrogens (tertiary/aromatic N) is 2. The van der Waals surface area contributed by atoms with Crippen LogP contribution in [-0.2, 0) is 17.9 Å². The Hall–Kier alpha value is -2.60. The Balaban J connectivity index is 1.76. The van der Waals surface area contributed by atoms with Crippen LogP contribution in [0.3, 0.4) is 0 Å².